The van der Waals surface area contributed by atoms with Crippen molar-refractivity contribution in [1.29, 1.82) is 0 Å². The predicted octanol–water partition coefficient (Wildman–Crippen LogP) is 5.41. The fourth-order valence-corrected chi connectivity index (χ4v) is 9.69. The van der Waals surface area contributed by atoms with Crippen LogP contribution >= 0.6 is 0 Å². The van der Waals surface area contributed by atoms with Crippen LogP contribution in [0.4, 0.5) is 4.79 Å². The Balaban J connectivity index is 1.19. The number of hydrogen-bond donors (Lipinski definition) is 3. The van der Waals surface area contributed by atoms with Crippen molar-refractivity contribution in [2.24, 2.45) is 11.8 Å². The van der Waals surface area contributed by atoms with Crippen molar-refractivity contribution >= 4 is 50.8 Å². The summed E-state index contributed by atoms with van der Waals surface area (Å²) in [6.07, 6.45) is 11.4. The van der Waals surface area contributed by atoms with Gasteiger partial charge in [0.05, 0.1) is 36.7 Å². The van der Waals surface area contributed by atoms with Gasteiger partial charge in [0.2, 0.25) is 21.8 Å². The van der Waals surface area contributed by atoms with E-state index in [9.17, 15) is 27.6 Å². The second-order valence-corrected chi connectivity index (χ2v) is 18.5. The second kappa shape index (κ2) is 16.7. The molecule has 0 radical (unpaired) electrons. The summed E-state index contributed by atoms with van der Waals surface area (Å²) in [5, 5.41) is 5.79. The average Bonchev–Trinajstić information content (AvgIpc) is 4.15. The van der Waals surface area contributed by atoms with Crippen LogP contribution in [0.2, 0.25) is 0 Å². The van der Waals surface area contributed by atoms with E-state index >= 15 is 0 Å². The molecule has 0 unspecified atom stereocenters. The summed E-state index contributed by atoms with van der Waals surface area (Å²) in [6.45, 7) is 2.07. The first-order valence-electron chi connectivity index (χ1n) is 20.6. The van der Waals surface area contributed by atoms with Crippen molar-refractivity contribution in [1.82, 2.24) is 25.2 Å². The van der Waals surface area contributed by atoms with Crippen LogP contribution < -0.4 is 24.8 Å². The first-order valence-corrected chi connectivity index (χ1v) is 22.2. The van der Waals surface area contributed by atoms with Gasteiger partial charge in [0.15, 0.2) is 0 Å². The summed E-state index contributed by atoms with van der Waals surface area (Å²) in [6, 6.07) is 13.2. The van der Waals surface area contributed by atoms with Gasteiger partial charge in [0.1, 0.15) is 35.2 Å². The maximum absolute atomic E-state index is 14.7. The van der Waals surface area contributed by atoms with Crippen LogP contribution in [0.5, 0.6) is 11.5 Å². The van der Waals surface area contributed by atoms with Crippen molar-refractivity contribution < 1.29 is 41.8 Å². The van der Waals surface area contributed by atoms with E-state index in [4.69, 9.17) is 19.2 Å². The van der Waals surface area contributed by atoms with Gasteiger partial charge in [0, 0.05) is 41.0 Å². The van der Waals surface area contributed by atoms with Gasteiger partial charge in [-0.15, -0.1) is 0 Å². The molecule has 8 rings (SSSR count). The fourth-order valence-electron chi connectivity index (χ4n) is 8.33. The second-order valence-electron chi connectivity index (χ2n) is 16.5. The van der Waals surface area contributed by atoms with E-state index in [1.54, 1.807) is 7.11 Å². The molecular formula is C44H51N5O9S. The summed E-state index contributed by atoms with van der Waals surface area (Å²) < 4.78 is 46.4. The number of carbonyl (C=O) groups excluding carboxylic acids is 4. The fraction of sp³-hybridized carbons (Fsp3) is 0.477. The van der Waals surface area contributed by atoms with Crippen LogP contribution in [-0.4, -0.2) is 91.4 Å². The van der Waals surface area contributed by atoms with Gasteiger partial charge in [-0.05, 0) is 56.9 Å². The molecule has 2 aromatic carbocycles. The Bertz CT molecular complexity index is 2300. The molecule has 3 aromatic rings. The highest BCUT2D eigenvalue weighted by Crippen LogP contribution is 2.46. The number of benzene rings is 2. The van der Waals surface area contributed by atoms with Gasteiger partial charge in [-0.1, -0.05) is 74.4 Å². The Kier molecular flexibility index (Phi) is 11.4. The molecular weight excluding hydrogens is 775 g/mol. The predicted molar refractivity (Wildman–Crippen MR) is 221 cm³/mol. The minimum Gasteiger partial charge on any atom is -0.496 e. The number of amides is 4. The monoisotopic (exact) mass is 825 g/mol. The quantitative estimate of drug-likeness (QED) is 0.282. The first-order chi connectivity index (χ1) is 28.4. The number of hydrogen-bond acceptors (Lipinski definition) is 10. The lowest BCUT2D eigenvalue weighted by Crippen LogP contribution is -2.58. The molecule has 6 atom stereocenters. The first kappa shape index (κ1) is 40.3. The number of allylic oxidation sites excluding steroid dienone is 2. The zero-order chi connectivity index (χ0) is 41.3. The van der Waals surface area contributed by atoms with E-state index in [-0.39, 0.29) is 31.9 Å². The lowest BCUT2D eigenvalue weighted by molar-refractivity contribution is -0.141. The number of methoxy groups -OCH3 is 1. The summed E-state index contributed by atoms with van der Waals surface area (Å²) in [4.78, 5) is 62.8. The minimum absolute atomic E-state index is 0.00678. The summed E-state index contributed by atoms with van der Waals surface area (Å²) >= 11 is 0. The number of rotatable bonds is 5. The standard InChI is InChI=1S/C44H51N5O9S/c1-27-12-11-15-29-20-33-36(23-38(29)56-2)45-35(28-13-7-6-8-14-28)22-39(33)58-31-21-37-40(50)47-44(42(52)48-59(54,55)32-18-19-32)24-30(44)16-9-4-3-5-10-17-34(41(51)49(37)25-31)46-43(53)57-26-27/h6-9,11,13-16,20,22-23,27,30-32,34,37H,3-5,10,12,17-19,21,24-26H2,1-2H3,(H,46,53)(H,47,50)(H,48,52)/t27-,30+,31+,34-,37-,44+/m0/s1. The summed E-state index contributed by atoms with van der Waals surface area (Å²) in [5.74, 6) is -1.26. The topological polar surface area (TPSA) is 182 Å². The van der Waals surface area contributed by atoms with Gasteiger partial charge >= 0.3 is 6.09 Å². The average molecular weight is 826 g/mol. The highest BCUT2D eigenvalue weighted by atomic mass is 32.2. The number of nitrogens with one attached hydrogen (secondary N) is 3. The molecule has 0 spiro atoms. The number of ether oxygens (including phenoxy) is 3. The number of cyclic esters (lactones) is 1. The molecule has 2 saturated carbocycles. The molecule has 4 heterocycles. The number of alkyl carbamates (subject to hydrolysis) is 1. The SMILES string of the molecule is COc1cc2nc(-c3ccccc3)cc3c2cc1C=CC[C@H](C)COC(=O)N[C@H]1CCCCCC=C[C@@H]2C[C@@]2(C(=O)NS(=O)(=O)C2CC2)NC(=O)[C@@H]2C[C@H](CN2C1=O)O3. The van der Waals surface area contributed by atoms with Crippen molar-refractivity contribution in [3.8, 4) is 22.8 Å². The molecule has 3 fully saturated rings. The van der Waals surface area contributed by atoms with Crippen LogP contribution in [0, 0.1) is 11.8 Å². The molecule has 1 saturated heterocycles. The Labute approximate surface area is 344 Å². The molecule has 2 aliphatic carbocycles. The smallest absolute Gasteiger partial charge is 0.407 e. The van der Waals surface area contributed by atoms with Crippen LogP contribution in [0.15, 0.2) is 66.8 Å². The van der Waals surface area contributed by atoms with Crippen LogP contribution in [0.1, 0.15) is 76.7 Å². The number of carbonyl (C=O) groups is 4. The maximum atomic E-state index is 14.7. The van der Waals surface area contributed by atoms with E-state index < -0.39 is 68.7 Å². The third-order valence-electron chi connectivity index (χ3n) is 12.0. The van der Waals surface area contributed by atoms with E-state index in [2.05, 4.69) is 15.4 Å². The van der Waals surface area contributed by atoms with Crippen LogP contribution in [0.25, 0.3) is 28.2 Å². The molecule has 3 aliphatic heterocycles. The van der Waals surface area contributed by atoms with Gasteiger partial charge in [-0.2, -0.15) is 0 Å². The number of fused-ring (bicyclic) bond motifs is 4. The van der Waals surface area contributed by atoms with Crippen LogP contribution in [0.3, 0.4) is 0 Å². The highest BCUT2D eigenvalue weighted by molar-refractivity contribution is 7.91. The Morgan fingerprint density at radius 1 is 1.03 bits per heavy atom. The van der Waals surface area contributed by atoms with Gasteiger partial charge in [-0.25, -0.2) is 18.2 Å². The molecule has 312 valence electrons. The zero-order valence-corrected chi connectivity index (χ0v) is 34.2. The Morgan fingerprint density at radius 2 is 1.85 bits per heavy atom. The van der Waals surface area contributed by atoms with E-state index in [0.29, 0.717) is 66.6 Å². The number of pyridine rings is 1. The molecule has 15 heteroatoms. The third-order valence-corrected chi connectivity index (χ3v) is 13.8. The van der Waals surface area contributed by atoms with Crippen LogP contribution in [-0.2, 0) is 29.1 Å². The minimum atomic E-state index is -3.91. The third kappa shape index (κ3) is 8.80. The maximum Gasteiger partial charge on any atom is 0.407 e. The number of sulfonamides is 1. The van der Waals surface area contributed by atoms with Crippen molar-refractivity contribution in [2.45, 2.75) is 100 Å². The number of nitrogens with zero attached hydrogens (tertiary/aromatic N) is 2. The van der Waals surface area contributed by atoms with Gasteiger partial charge in [0.25, 0.3) is 5.91 Å². The van der Waals surface area contributed by atoms with Gasteiger partial charge in [-0.3, -0.25) is 19.1 Å². The molecule has 5 aliphatic rings. The normalized spacial score (nSPS) is 27.9. The Hall–Kier alpha value is -5.44. The van der Waals surface area contributed by atoms with Crippen molar-refractivity contribution in [2.75, 3.05) is 20.3 Å². The van der Waals surface area contributed by atoms with Gasteiger partial charge < -0.3 is 29.7 Å². The van der Waals surface area contributed by atoms with E-state index in [1.165, 1.54) is 4.90 Å². The molecule has 5 bridgehead atoms. The van der Waals surface area contributed by atoms with Crippen molar-refractivity contribution in [3.63, 3.8) is 0 Å². The molecule has 3 N–H and O–H groups in total. The largest absolute Gasteiger partial charge is 0.496 e. The Morgan fingerprint density at radius 3 is 2.63 bits per heavy atom. The highest BCUT2D eigenvalue weighted by Gasteiger charge is 2.62. The molecule has 14 nitrogen and oxygen atoms in total. The lowest BCUT2D eigenvalue weighted by Gasteiger charge is -2.29. The molecule has 4 amide bonds. The lowest BCUT2D eigenvalue weighted by atomic mass is 10.0. The summed E-state index contributed by atoms with van der Waals surface area (Å²) in [7, 11) is -2.31. The molecule has 59 heavy (non-hydrogen) atoms. The van der Waals surface area contributed by atoms with E-state index in [1.807, 2.05) is 79.8 Å². The summed E-state index contributed by atoms with van der Waals surface area (Å²) in [5.41, 5.74) is 1.41. The van der Waals surface area contributed by atoms with E-state index in [0.717, 1.165) is 24.0 Å². The number of aromatic nitrogens is 1. The van der Waals surface area contributed by atoms with Crippen molar-refractivity contribution in [3.05, 3.63) is 72.3 Å². The zero-order valence-electron chi connectivity index (χ0n) is 33.4. The molecule has 1 aromatic heterocycles.